The van der Waals surface area contributed by atoms with Crippen molar-refractivity contribution in [2.24, 2.45) is 4.99 Å². The number of isocyanates is 1. The minimum Gasteiger partial charge on any atom is -0.361 e. The summed E-state index contributed by atoms with van der Waals surface area (Å²) >= 11 is 6.23. The van der Waals surface area contributed by atoms with Crippen LogP contribution in [0.15, 0.2) is 29.4 Å². The molecule has 1 N–H and O–H groups in total. The molecule has 3 rings (SSSR count). The fourth-order valence-corrected chi connectivity index (χ4v) is 2.74. The van der Waals surface area contributed by atoms with Crippen LogP contribution in [-0.2, 0) is 10.3 Å². The number of halogens is 1. The SMILES string of the molecule is O=C=NC1(c2cc(Cl)c3cc[nH]c3c2)CCC1. The Morgan fingerprint density at radius 1 is 1.41 bits per heavy atom. The van der Waals surface area contributed by atoms with E-state index in [1.807, 2.05) is 24.4 Å². The molecule has 86 valence electrons. The molecule has 1 aliphatic carbocycles. The fourth-order valence-electron chi connectivity index (χ4n) is 2.45. The highest BCUT2D eigenvalue weighted by molar-refractivity contribution is 6.35. The molecule has 0 saturated heterocycles. The molecule has 0 radical (unpaired) electrons. The molecule has 1 aromatic heterocycles. The summed E-state index contributed by atoms with van der Waals surface area (Å²) in [6.45, 7) is 0. The van der Waals surface area contributed by atoms with E-state index < -0.39 is 0 Å². The molecular weight excluding hydrogens is 236 g/mol. The first kappa shape index (κ1) is 10.6. The van der Waals surface area contributed by atoms with E-state index in [0.29, 0.717) is 5.02 Å². The van der Waals surface area contributed by atoms with Gasteiger partial charge >= 0.3 is 0 Å². The Balaban J connectivity index is 2.19. The van der Waals surface area contributed by atoms with Gasteiger partial charge in [0.25, 0.3) is 0 Å². The summed E-state index contributed by atoms with van der Waals surface area (Å²) in [4.78, 5) is 17.7. The van der Waals surface area contributed by atoms with Crippen molar-refractivity contribution >= 4 is 28.6 Å². The van der Waals surface area contributed by atoms with Crippen LogP contribution in [0.3, 0.4) is 0 Å². The van der Waals surface area contributed by atoms with Gasteiger partial charge in [-0.15, -0.1) is 0 Å². The van der Waals surface area contributed by atoms with Crippen molar-refractivity contribution in [2.45, 2.75) is 24.8 Å². The Kier molecular flexibility index (Phi) is 2.32. The van der Waals surface area contributed by atoms with Gasteiger partial charge in [0.05, 0.1) is 10.6 Å². The largest absolute Gasteiger partial charge is 0.361 e. The summed E-state index contributed by atoms with van der Waals surface area (Å²) in [5.41, 5.74) is 1.61. The van der Waals surface area contributed by atoms with E-state index in [1.165, 1.54) is 0 Å². The van der Waals surface area contributed by atoms with E-state index in [1.54, 1.807) is 6.08 Å². The highest BCUT2D eigenvalue weighted by Gasteiger charge is 2.39. The number of rotatable bonds is 2. The molecule has 0 spiro atoms. The predicted molar refractivity (Wildman–Crippen MR) is 67.0 cm³/mol. The summed E-state index contributed by atoms with van der Waals surface area (Å²) in [6.07, 6.45) is 6.43. The van der Waals surface area contributed by atoms with E-state index in [4.69, 9.17) is 11.6 Å². The number of aliphatic imine (C=N–C) groups is 1. The Morgan fingerprint density at radius 3 is 2.88 bits per heavy atom. The first-order valence-electron chi connectivity index (χ1n) is 5.61. The van der Waals surface area contributed by atoms with Crippen molar-refractivity contribution in [1.29, 1.82) is 0 Å². The number of carbonyl (C=O) groups excluding carboxylic acids is 1. The van der Waals surface area contributed by atoms with Crippen LogP contribution in [-0.4, -0.2) is 11.1 Å². The predicted octanol–water partition coefficient (Wildman–Crippen LogP) is 3.54. The molecule has 3 nitrogen and oxygen atoms in total. The second-order valence-corrected chi connectivity index (χ2v) is 4.89. The van der Waals surface area contributed by atoms with Crippen LogP contribution in [0.4, 0.5) is 0 Å². The minimum absolute atomic E-state index is 0.384. The van der Waals surface area contributed by atoms with Gasteiger partial charge in [0.1, 0.15) is 0 Å². The zero-order valence-electron chi connectivity index (χ0n) is 9.16. The number of aromatic amines is 1. The molecule has 1 aliphatic rings. The normalized spacial score (nSPS) is 17.5. The molecule has 1 fully saturated rings. The fraction of sp³-hybridized carbons (Fsp3) is 0.308. The van der Waals surface area contributed by atoms with Crippen molar-refractivity contribution in [3.05, 3.63) is 35.0 Å². The number of nitrogens with one attached hydrogen (secondary N) is 1. The summed E-state index contributed by atoms with van der Waals surface area (Å²) in [5, 5.41) is 1.70. The lowest BCUT2D eigenvalue weighted by atomic mass is 9.72. The Bertz CT molecular complexity index is 621. The van der Waals surface area contributed by atoms with E-state index in [-0.39, 0.29) is 5.54 Å². The lowest BCUT2D eigenvalue weighted by Gasteiger charge is -2.37. The van der Waals surface area contributed by atoms with Crippen LogP contribution in [0.25, 0.3) is 10.9 Å². The van der Waals surface area contributed by atoms with Gasteiger partial charge in [-0.05, 0) is 43.0 Å². The van der Waals surface area contributed by atoms with Gasteiger partial charge in [0.2, 0.25) is 6.08 Å². The summed E-state index contributed by atoms with van der Waals surface area (Å²) < 4.78 is 0. The number of hydrogen-bond acceptors (Lipinski definition) is 2. The number of aromatic nitrogens is 1. The number of fused-ring (bicyclic) bond motifs is 1. The maximum Gasteiger partial charge on any atom is 0.235 e. The molecule has 0 aliphatic heterocycles. The van der Waals surface area contributed by atoms with E-state index in [2.05, 4.69) is 9.98 Å². The molecule has 0 atom stereocenters. The van der Waals surface area contributed by atoms with Gasteiger partial charge in [-0.25, -0.2) is 4.79 Å². The third kappa shape index (κ3) is 1.51. The first-order chi connectivity index (χ1) is 8.25. The van der Waals surface area contributed by atoms with E-state index in [0.717, 1.165) is 35.7 Å². The molecule has 1 aromatic carbocycles. The van der Waals surface area contributed by atoms with Gasteiger partial charge in [-0.1, -0.05) is 11.6 Å². The summed E-state index contributed by atoms with van der Waals surface area (Å²) in [7, 11) is 0. The molecule has 17 heavy (non-hydrogen) atoms. The minimum atomic E-state index is -0.384. The molecule has 2 aromatic rings. The van der Waals surface area contributed by atoms with Crippen molar-refractivity contribution in [2.75, 3.05) is 0 Å². The molecule has 0 unspecified atom stereocenters. The highest BCUT2D eigenvalue weighted by Crippen LogP contribution is 2.46. The third-order valence-electron chi connectivity index (χ3n) is 3.60. The Labute approximate surface area is 104 Å². The second kappa shape index (κ2) is 3.73. The van der Waals surface area contributed by atoms with E-state index in [9.17, 15) is 4.79 Å². The smallest absolute Gasteiger partial charge is 0.235 e. The number of hydrogen-bond donors (Lipinski definition) is 1. The lowest BCUT2D eigenvalue weighted by Crippen LogP contribution is -2.31. The monoisotopic (exact) mass is 246 g/mol. The molecule has 0 bridgehead atoms. The quantitative estimate of drug-likeness (QED) is 0.639. The van der Waals surface area contributed by atoms with Gasteiger partial charge in [-0.2, -0.15) is 4.99 Å². The van der Waals surface area contributed by atoms with Crippen LogP contribution in [0, 0.1) is 0 Å². The average molecular weight is 247 g/mol. The zero-order valence-corrected chi connectivity index (χ0v) is 9.92. The van der Waals surface area contributed by atoms with Gasteiger partial charge in [-0.3, -0.25) is 0 Å². The lowest BCUT2D eigenvalue weighted by molar-refractivity contribution is 0.256. The van der Waals surface area contributed by atoms with Crippen LogP contribution in [0.2, 0.25) is 5.02 Å². The van der Waals surface area contributed by atoms with Crippen LogP contribution in [0.1, 0.15) is 24.8 Å². The van der Waals surface area contributed by atoms with Crippen LogP contribution in [0.5, 0.6) is 0 Å². The number of H-pyrrole nitrogens is 1. The van der Waals surface area contributed by atoms with Crippen LogP contribution < -0.4 is 0 Å². The molecule has 4 heteroatoms. The first-order valence-corrected chi connectivity index (χ1v) is 5.99. The summed E-state index contributed by atoms with van der Waals surface area (Å²) in [5.74, 6) is 0. The Hall–Kier alpha value is -1.57. The van der Waals surface area contributed by atoms with Crippen molar-refractivity contribution in [3.63, 3.8) is 0 Å². The number of benzene rings is 1. The van der Waals surface area contributed by atoms with Crippen LogP contribution >= 0.6 is 11.6 Å². The van der Waals surface area contributed by atoms with Gasteiger partial charge in [0, 0.05) is 17.1 Å². The topological polar surface area (TPSA) is 45.2 Å². The average Bonchev–Trinajstić information content (AvgIpc) is 2.71. The highest BCUT2D eigenvalue weighted by atomic mass is 35.5. The van der Waals surface area contributed by atoms with Gasteiger partial charge < -0.3 is 4.98 Å². The summed E-state index contributed by atoms with van der Waals surface area (Å²) in [6, 6.07) is 5.89. The molecule has 1 heterocycles. The maximum absolute atomic E-state index is 10.6. The molecule has 1 saturated carbocycles. The third-order valence-corrected chi connectivity index (χ3v) is 3.91. The van der Waals surface area contributed by atoms with Crippen molar-refractivity contribution in [3.8, 4) is 0 Å². The molecular formula is C13H11ClN2O. The van der Waals surface area contributed by atoms with E-state index >= 15 is 0 Å². The van der Waals surface area contributed by atoms with Crippen molar-refractivity contribution in [1.82, 2.24) is 4.98 Å². The Morgan fingerprint density at radius 2 is 2.24 bits per heavy atom. The standard InChI is InChI=1S/C13H11ClN2O/c14-11-6-9(7-12-10(11)2-5-15-12)13(16-8-17)3-1-4-13/h2,5-7,15H,1,3-4H2. The van der Waals surface area contributed by atoms with Gasteiger partial charge in [0.15, 0.2) is 0 Å². The second-order valence-electron chi connectivity index (χ2n) is 4.49. The van der Waals surface area contributed by atoms with Crippen molar-refractivity contribution < 1.29 is 4.79 Å². The molecule has 0 amide bonds. The number of nitrogens with zero attached hydrogens (tertiary/aromatic N) is 1. The maximum atomic E-state index is 10.6. The zero-order chi connectivity index (χ0) is 11.9.